The molecule has 0 heterocycles. The molecule has 3 atom stereocenters. The van der Waals surface area contributed by atoms with E-state index in [4.69, 9.17) is 4.74 Å². The van der Waals surface area contributed by atoms with Crippen molar-refractivity contribution in [1.82, 2.24) is 0 Å². The largest absolute Gasteiger partial charge is 0.374 e. The molecule has 0 bridgehead atoms. The van der Waals surface area contributed by atoms with Gasteiger partial charge in [0.15, 0.2) is 0 Å². The van der Waals surface area contributed by atoms with Gasteiger partial charge in [-0.15, -0.1) is 0 Å². The second-order valence-electron chi connectivity index (χ2n) is 5.47. The van der Waals surface area contributed by atoms with E-state index in [1.807, 2.05) is 0 Å². The van der Waals surface area contributed by atoms with Crippen molar-refractivity contribution >= 4 is 0 Å². The molecule has 0 aromatic carbocycles. The first kappa shape index (κ1) is 9.21. The molecular formula is C13H22O. The van der Waals surface area contributed by atoms with Crippen LogP contribution < -0.4 is 0 Å². The van der Waals surface area contributed by atoms with Gasteiger partial charge in [0.1, 0.15) is 0 Å². The van der Waals surface area contributed by atoms with Gasteiger partial charge in [0.2, 0.25) is 0 Å². The minimum atomic E-state index is 0.638. The summed E-state index contributed by atoms with van der Waals surface area (Å²) in [5.74, 6) is 1.95. The smallest absolute Gasteiger partial charge is 0.0642 e. The summed E-state index contributed by atoms with van der Waals surface area (Å²) in [5.41, 5.74) is 0. The van der Waals surface area contributed by atoms with Crippen molar-refractivity contribution in [2.45, 2.75) is 70.0 Å². The lowest BCUT2D eigenvalue weighted by molar-refractivity contribution is 0.00458. The molecule has 0 aliphatic heterocycles. The summed E-state index contributed by atoms with van der Waals surface area (Å²) in [4.78, 5) is 0. The topological polar surface area (TPSA) is 9.23 Å². The minimum Gasteiger partial charge on any atom is -0.374 e. The molecule has 0 saturated heterocycles. The van der Waals surface area contributed by atoms with Gasteiger partial charge in [0.05, 0.1) is 12.2 Å². The lowest BCUT2D eigenvalue weighted by Crippen LogP contribution is -2.18. The Hall–Kier alpha value is -0.0400. The normalized spacial score (nSPS) is 43.3. The zero-order valence-electron chi connectivity index (χ0n) is 9.08. The quantitative estimate of drug-likeness (QED) is 0.653. The molecule has 0 aromatic heterocycles. The van der Waals surface area contributed by atoms with E-state index in [2.05, 4.69) is 0 Å². The molecule has 3 saturated carbocycles. The molecule has 1 nitrogen and oxygen atoms in total. The number of hydrogen-bond acceptors (Lipinski definition) is 1. The maximum absolute atomic E-state index is 6.25. The highest BCUT2D eigenvalue weighted by atomic mass is 16.5. The third-order valence-electron chi connectivity index (χ3n) is 4.48. The van der Waals surface area contributed by atoms with Crippen molar-refractivity contribution in [1.29, 1.82) is 0 Å². The highest BCUT2D eigenvalue weighted by Crippen LogP contribution is 2.52. The van der Waals surface area contributed by atoms with Crippen molar-refractivity contribution in [3.8, 4) is 0 Å². The van der Waals surface area contributed by atoms with Gasteiger partial charge < -0.3 is 4.74 Å². The van der Waals surface area contributed by atoms with Crippen molar-refractivity contribution in [2.24, 2.45) is 11.8 Å². The Kier molecular flexibility index (Phi) is 2.53. The van der Waals surface area contributed by atoms with Gasteiger partial charge in [-0.05, 0) is 37.5 Å². The molecule has 1 heteroatoms. The second kappa shape index (κ2) is 3.84. The van der Waals surface area contributed by atoms with Crippen LogP contribution in [0.25, 0.3) is 0 Å². The average Bonchev–Trinajstić information content (AvgIpc) is 2.94. The van der Waals surface area contributed by atoms with Crippen LogP contribution in [-0.2, 0) is 4.74 Å². The SMILES string of the molecule is C1CCC(OC2[C@H]3CCCC[C@@H]23)CC1. The van der Waals surface area contributed by atoms with E-state index >= 15 is 0 Å². The maximum atomic E-state index is 6.25. The maximum Gasteiger partial charge on any atom is 0.0642 e. The third kappa shape index (κ3) is 1.71. The molecule has 3 fully saturated rings. The van der Waals surface area contributed by atoms with Crippen LogP contribution in [0.2, 0.25) is 0 Å². The lowest BCUT2D eigenvalue weighted by Gasteiger charge is -2.22. The molecule has 3 aliphatic rings. The molecule has 14 heavy (non-hydrogen) atoms. The van der Waals surface area contributed by atoms with Gasteiger partial charge in [0, 0.05) is 0 Å². The van der Waals surface area contributed by atoms with E-state index in [0.717, 1.165) is 11.8 Å². The summed E-state index contributed by atoms with van der Waals surface area (Å²) in [6.07, 6.45) is 14.1. The van der Waals surface area contributed by atoms with Crippen molar-refractivity contribution < 1.29 is 4.74 Å². The fourth-order valence-electron chi connectivity index (χ4n) is 3.55. The molecule has 80 valence electrons. The first-order chi connectivity index (χ1) is 6.95. The van der Waals surface area contributed by atoms with Crippen LogP contribution in [0.15, 0.2) is 0 Å². The summed E-state index contributed by atoms with van der Waals surface area (Å²) in [6.45, 7) is 0. The Labute approximate surface area is 87.2 Å². The molecule has 0 radical (unpaired) electrons. The van der Waals surface area contributed by atoms with Crippen LogP contribution in [0.4, 0.5) is 0 Å². The van der Waals surface area contributed by atoms with Gasteiger partial charge >= 0.3 is 0 Å². The fourth-order valence-corrected chi connectivity index (χ4v) is 3.55. The predicted molar refractivity (Wildman–Crippen MR) is 57.2 cm³/mol. The van der Waals surface area contributed by atoms with Crippen LogP contribution in [0.3, 0.4) is 0 Å². The third-order valence-corrected chi connectivity index (χ3v) is 4.48. The standard InChI is InChI=1S/C13H22O/c1-2-6-10(7-3-1)14-13-11-8-4-5-9-12(11)13/h10-13H,1-9H2/t11-,12+,13?. The van der Waals surface area contributed by atoms with Gasteiger partial charge in [-0.2, -0.15) is 0 Å². The van der Waals surface area contributed by atoms with Crippen LogP contribution in [0.1, 0.15) is 57.8 Å². The summed E-state index contributed by atoms with van der Waals surface area (Å²) in [5, 5.41) is 0. The minimum absolute atomic E-state index is 0.638. The van der Waals surface area contributed by atoms with Gasteiger partial charge in [-0.3, -0.25) is 0 Å². The van der Waals surface area contributed by atoms with Crippen LogP contribution in [0, 0.1) is 11.8 Å². The number of ether oxygens (including phenoxy) is 1. The van der Waals surface area contributed by atoms with E-state index in [1.54, 1.807) is 0 Å². The van der Waals surface area contributed by atoms with Gasteiger partial charge in [-0.1, -0.05) is 32.1 Å². The monoisotopic (exact) mass is 194 g/mol. The Morgan fingerprint density at radius 1 is 0.643 bits per heavy atom. The van der Waals surface area contributed by atoms with Gasteiger partial charge in [0.25, 0.3) is 0 Å². The van der Waals surface area contributed by atoms with E-state index < -0.39 is 0 Å². The zero-order chi connectivity index (χ0) is 9.38. The van der Waals surface area contributed by atoms with Crippen LogP contribution in [0.5, 0.6) is 0 Å². The van der Waals surface area contributed by atoms with Crippen LogP contribution in [-0.4, -0.2) is 12.2 Å². The summed E-state index contributed by atoms with van der Waals surface area (Å²) >= 11 is 0. The summed E-state index contributed by atoms with van der Waals surface area (Å²) in [6, 6.07) is 0. The first-order valence-corrected chi connectivity index (χ1v) is 6.60. The average molecular weight is 194 g/mol. The van der Waals surface area contributed by atoms with E-state index in [-0.39, 0.29) is 0 Å². The fraction of sp³-hybridized carbons (Fsp3) is 1.00. The van der Waals surface area contributed by atoms with Crippen molar-refractivity contribution in [2.75, 3.05) is 0 Å². The predicted octanol–water partition coefficient (Wildman–Crippen LogP) is 3.52. The van der Waals surface area contributed by atoms with Crippen molar-refractivity contribution in [3.63, 3.8) is 0 Å². The second-order valence-corrected chi connectivity index (χ2v) is 5.47. The zero-order valence-corrected chi connectivity index (χ0v) is 9.08. The van der Waals surface area contributed by atoms with Gasteiger partial charge in [-0.25, -0.2) is 0 Å². The van der Waals surface area contributed by atoms with Crippen molar-refractivity contribution in [3.05, 3.63) is 0 Å². The van der Waals surface area contributed by atoms with Crippen LogP contribution >= 0.6 is 0 Å². The van der Waals surface area contributed by atoms with E-state index in [1.165, 1.54) is 57.8 Å². The molecule has 0 amide bonds. The van der Waals surface area contributed by atoms with E-state index in [9.17, 15) is 0 Å². The molecule has 3 rings (SSSR count). The first-order valence-electron chi connectivity index (χ1n) is 6.60. The Balaban J connectivity index is 1.48. The molecule has 1 unspecified atom stereocenters. The highest BCUT2D eigenvalue weighted by Gasteiger charge is 2.52. The summed E-state index contributed by atoms with van der Waals surface area (Å²) in [7, 11) is 0. The summed E-state index contributed by atoms with van der Waals surface area (Å²) < 4.78 is 6.25. The Morgan fingerprint density at radius 3 is 1.86 bits per heavy atom. The number of rotatable bonds is 2. The lowest BCUT2D eigenvalue weighted by atomic mass is 9.98. The molecular weight excluding hydrogens is 172 g/mol. The molecule has 0 spiro atoms. The van der Waals surface area contributed by atoms with E-state index in [0.29, 0.717) is 12.2 Å². The molecule has 3 aliphatic carbocycles. The molecule has 0 aromatic rings. The Morgan fingerprint density at radius 2 is 1.21 bits per heavy atom. The Bertz CT molecular complexity index is 183. The molecule has 0 N–H and O–H groups in total. The number of fused-ring (bicyclic) bond motifs is 1. The highest BCUT2D eigenvalue weighted by molar-refractivity contribution is 5.01. The number of hydrogen-bond donors (Lipinski definition) is 0.